The fourth-order valence-corrected chi connectivity index (χ4v) is 3.42. The van der Waals surface area contributed by atoms with Crippen LogP contribution in [0.3, 0.4) is 0 Å². The first-order valence-corrected chi connectivity index (χ1v) is 9.05. The Kier molecular flexibility index (Phi) is 6.14. The number of halogens is 2. The van der Waals surface area contributed by atoms with Crippen LogP contribution in [0.2, 0.25) is 0 Å². The van der Waals surface area contributed by atoms with Crippen LogP contribution in [0, 0.1) is 11.6 Å². The van der Waals surface area contributed by atoms with Gasteiger partial charge in [0.25, 0.3) is 0 Å². The molecule has 0 atom stereocenters. The van der Waals surface area contributed by atoms with Gasteiger partial charge in [-0.15, -0.1) is 0 Å². The summed E-state index contributed by atoms with van der Waals surface area (Å²) in [5.41, 5.74) is 2.53. The lowest BCUT2D eigenvalue weighted by Crippen LogP contribution is -2.41. The summed E-state index contributed by atoms with van der Waals surface area (Å²) in [6.07, 6.45) is 0.734. The van der Waals surface area contributed by atoms with E-state index >= 15 is 0 Å². The number of benzene rings is 2. The highest BCUT2D eigenvalue weighted by Gasteiger charge is 2.23. The number of carbonyl (C=O) groups is 1. The monoisotopic (exact) mass is 390 g/mol. The van der Waals surface area contributed by atoms with E-state index in [2.05, 4.69) is 0 Å². The predicted molar refractivity (Wildman–Crippen MR) is 101 cm³/mol. The average Bonchev–Trinajstić information content (AvgIpc) is 2.68. The third-order valence-electron chi connectivity index (χ3n) is 4.93. The van der Waals surface area contributed by atoms with Gasteiger partial charge in [0.15, 0.2) is 11.5 Å². The number of hydrogen-bond acceptors (Lipinski definition) is 4. The number of nitrogens with zero attached hydrogens (tertiary/aromatic N) is 2. The van der Waals surface area contributed by atoms with Gasteiger partial charge in [0.2, 0.25) is 5.91 Å². The highest BCUT2D eigenvalue weighted by Crippen LogP contribution is 2.33. The Labute approximate surface area is 163 Å². The van der Waals surface area contributed by atoms with E-state index < -0.39 is 11.6 Å². The van der Waals surface area contributed by atoms with Gasteiger partial charge < -0.3 is 14.4 Å². The first kappa shape index (κ1) is 20.1. The number of carbonyl (C=O) groups excluding carboxylic acids is 1. The van der Waals surface area contributed by atoms with E-state index in [-0.39, 0.29) is 19.0 Å². The van der Waals surface area contributed by atoms with Crippen LogP contribution in [0.15, 0.2) is 30.3 Å². The van der Waals surface area contributed by atoms with Gasteiger partial charge in [-0.3, -0.25) is 9.69 Å². The highest BCUT2D eigenvalue weighted by atomic mass is 19.1. The number of rotatable bonds is 6. The van der Waals surface area contributed by atoms with Gasteiger partial charge in [-0.25, -0.2) is 8.78 Å². The zero-order valence-electron chi connectivity index (χ0n) is 16.3. The van der Waals surface area contributed by atoms with Gasteiger partial charge in [0.1, 0.15) is 11.6 Å². The molecule has 2 aromatic carbocycles. The smallest absolute Gasteiger partial charge is 0.237 e. The Hall–Kier alpha value is -2.67. The Morgan fingerprint density at radius 1 is 1.11 bits per heavy atom. The number of likely N-dealkylation sites (N-methyl/N-ethyl adjacent to an activating group) is 1. The summed E-state index contributed by atoms with van der Waals surface area (Å²) in [7, 11) is 4.93. The molecule has 0 bridgehead atoms. The first-order chi connectivity index (χ1) is 13.4. The molecule has 1 heterocycles. The zero-order valence-corrected chi connectivity index (χ0v) is 16.3. The number of fused-ring (bicyclic) bond motifs is 1. The van der Waals surface area contributed by atoms with Crippen molar-refractivity contribution in [2.45, 2.75) is 19.5 Å². The maximum Gasteiger partial charge on any atom is 0.237 e. The van der Waals surface area contributed by atoms with Gasteiger partial charge in [-0.1, -0.05) is 6.07 Å². The summed E-state index contributed by atoms with van der Waals surface area (Å²) in [5, 5.41) is 0. The van der Waals surface area contributed by atoms with Gasteiger partial charge in [0.05, 0.1) is 20.8 Å². The quantitative estimate of drug-likeness (QED) is 0.761. The van der Waals surface area contributed by atoms with Crippen LogP contribution in [-0.2, 0) is 24.3 Å². The topological polar surface area (TPSA) is 42.0 Å². The second-order valence-corrected chi connectivity index (χ2v) is 6.95. The van der Waals surface area contributed by atoms with Crippen LogP contribution >= 0.6 is 0 Å². The Balaban J connectivity index is 1.64. The Morgan fingerprint density at radius 2 is 1.79 bits per heavy atom. The lowest BCUT2D eigenvalue weighted by Gasteiger charge is -2.31. The molecule has 5 nitrogen and oxygen atoms in total. The number of methoxy groups -OCH3 is 2. The lowest BCUT2D eigenvalue weighted by molar-refractivity contribution is -0.133. The van der Waals surface area contributed by atoms with Crippen LogP contribution in [0.4, 0.5) is 8.78 Å². The van der Waals surface area contributed by atoms with Gasteiger partial charge in [-0.05, 0) is 42.8 Å². The molecule has 1 amide bonds. The summed E-state index contributed by atoms with van der Waals surface area (Å²) in [6, 6.07) is 7.35. The van der Waals surface area contributed by atoms with E-state index in [0.717, 1.165) is 23.6 Å². The minimum absolute atomic E-state index is 0.0366. The second kappa shape index (κ2) is 8.56. The molecule has 0 saturated carbocycles. The van der Waals surface area contributed by atoms with Crippen molar-refractivity contribution in [3.63, 3.8) is 0 Å². The molecule has 0 unspecified atom stereocenters. The third-order valence-corrected chi connectivity index (χ3v) is 4.93. The van der Waals surface area contributed by atoms with Crippen LogP contribution in [0.1, 0.15) is 16.7 Å². The summed E-state index contributed by atoms with van der Waals surface area (Å²) in [5.74, 6) is 0.0678. The van der Waals surface area contributed by atoms with Crippen LogP contribution < -0.4 is 9.47 Å². The molecule has 7 heteroatoms. The van der Waals surface area contributed by atoms with Crippen molar-refractivity contribution >= 4 is 5.91 Å². The molecule has 0 aliphatic carbocycles. The SMILES string of the molecule is COc1cc2c(cc1OC)CN(C(=O)CN(C)Cc1ccc(F)cc1F)CC2. The van der Waals surface area contributed by atoms with Crippen LogP contribution in [-0.4, -0.2) is 50.1 Å². The van der Waals surface area contributed by atoms with Crippen LogP contribution in [0.25, 0.3) is 0 Å². The van der Waals surface area contributed by atoms with E-state index in [9.17, 15) is 13.6 Å². The summed E-state index contributed by atoms with van der Waals surface area (Å²) in [6.45, 7) is 1.49. The summed E-state index contributed by atoms with van der Waals surface area (Å²) < 4.78 is 37.5. The van der Waals surface area contributed by atoms with Gasteiger partial charge in [-0.2, -0.15) is 0 Å². The normalized spacial score (nSPS) is 13.4. The van der Waals surface area contributed by atoms with Gasteiger partial charge in [0, 0.05) is 31.3 Å². The molecule has 1 aliphatic rings. The molecule has 28 heavy (non-hydrogen) atoms. The van der Waals surface area contributed by atoms with Crippen LogP contribution in [0.5, 0.6) is 11.5 Å². The molecule has 3 rings (SSSR count). The van der Waals surface area contributed by atoms with E-state index in [4.69, 9.17) is 9.47 Å². The summed E-state index contributed by atoms with van der Waals surface area (Å²) >= 11 is 0. The number of ether oxygens (including phenoxy) is 2. The zero-order chi connectivity index (χ0) is 20.3. The second-order valence-electron chi connectivity index (χ2n) is 6.95. The Bertz CT molecular complexity index is 873. The first-order valence-electron chi connectivity index (χ1n) is 9.05. The van der Waals surface area contributed by atoms with E-state index in [1.54, 1.807) is 31.1 Å². The minimum Gasteiger partial charge on any atom is -0.493 e. The largest absolute Gasteiger partial charge is 0.493 e. The van der Waals surface area contributed by atoms with E-state index in [0.29, 0.717) is 30.2 Å². The maximum atomic E-state index is 13.8. The van der Waals surface area contributed by atoms with E-state index in [1.165, 1.54) is 12.1 Å². The molecule has 0 saturated heterocycles. The molecule has 1 aliphatic heterocycles. The van der Waals surface area contributed by atoms with Crippen molar-refractivity contribution in [2.75, 3.05) is 34.4 Å². The molecule has 150 valence electrons. The van der Waals surface area contributed by atoms with Crippen molar-refractivity contribution in [3.05, 3.63) is 58.7 Å². The highest BCUT2D eigenvalue weighted by molar-refractivity contribution is 5.78. The Morgan fingerprint density at radius 3 is 2.43 bits per heavy atom. The average molecular weight is 390 g/mol. The molecular weight excluding hydrogens is 366 g/mol. The molecule has 0 spiro atoms. The van der Waals surface area contributed by atoms with Crippen molar-refractivity contribution in [3.8, 4) is 11.5 Å². The van der Waals surface area contributed by atoms with Crippen molar-refractivity contribution in [1.82, 2.24) is 9.80 Å². The number of amides is 1. The maximum absolute atomic E-state index is 13.8. The van der Waals surface area contributed by atoms with Crippen molar-refractivity contribution < 1.29 is 23.0 Å². The van der Waals surface area contributed by atoms with Crippen molar-refractivity contribution in [1.29, 1.82) is 0 Å². The standard InChI is InChI=1S/C21H24F2N2O3/c1-24(11-15-4-5-17(22)10-18(15)23)13-21(26)25-7-6-14-8-19(27-2)20(28-3)9-16(14)12-25/h4-5,8-10H,6-7,11-13H2,1-3H3. The third kappa shape index (κ3) is 4.42. The fraction of sp³-hybridized carbons (Fsp3) is 0.381. The lowest BCUT2D eigenvalue weighted by atomic mass is 9.98. The van der Waals surface area contributed by atoms with Crippen molar-refractivity contribution in [2.24, 2.45) is 0 Å². The van der Waals surface area contributed by atoms with E-state index in [1.807, 2.05) is 12.1 Å². The molecule has 0 radical (unpaired) electrons. The van der Waals surface area contributed by atoms with Gasteiger partial charge >= 0.3 is 0 Å². The summed E-state index contributed by atoms with van der Waals surface area (Å²) in [4.78, 5) is 16.2. The fourth-order valence-electron chi connectivity index (χ4n) is 3.42. The number of hydrogen-bond donors (Lipinski definition) is 0. The molecule has 0 fully saturated rings. The molecular formula is C21H24F2N2O3. The minimum atomic E-state index is -0.612. The molecule has 0 N–H and O–H groups in total. The molecule has 2 aromatic rings. The molecule has 0 aromatic heterocycles. The predicted octanol–water partition coefficient (Wildman–Crippen LogP) is 3.00.